The van der Waals surface area contributed by atoms with Crippen molar-refractivity contribution >= 4 is 5.69 Å². The first-order valence-corrected chi connectivity index (χ1v) is 6.99. The third kappa shape index (κ3) is 4.31. The van der Waals surface area contributed by atoms with Gasteiger partial charge in [0.2, 0.25) is 0 Å². The molecule has 0 aliphatic carbocycles. The third-order valence-corrected chi connectivity index (χ3v) is 3.87. The quantitative estimate of drug-likeness (QED) is 0.596. The Morgan fingerprint density at radius 2 is 1.68 bits per heavy atom. The summed E-state index contributed by atoms with van der Waals surface area (Å²) in [6, 6.07) is 7.44. The molecule has 0 radical (unpaired) electrons. The highest BCUT2D eigenvalue weighted by Gasteiger charge is 2.16. The van der Waals surface area contributed by atoms with Crippen molar-refractivity contribution in [1.29, 1.82) is 0 Å². The maximum Gasteiger partial charge on any atom is 0.269 e. The Balaban J connectivity index is 2.67. The lowest BCUT2D eigenvalue weighted by atomic mass is 9.94. The Bertz CT molecular complexity index is 399. The summed E-state index contributed by atoms with van der Waals surface area (Å²) in [5.74, 6) is 0.667. The molecule has 1 aromatic rings. The van der Waals surface area contributed by atoms with E-state index in [1.54, 1.807) is 12.1 Å². The minimum atomic E-state index is -0.366. The molecule has 1 aromatic carbocycles. The largest absolute Gasteiger partial charge is 0.307 e. The van der Waals surface area contributed by atoms with Gasteiger partial charge in [-0.2, -0.15) is 0 Å². The predicted molar refractivity (Wildman–Crippen MR) is 78.2 cm³/mol. The number of nitrogens with one attached hydrogen (secondary N) is 1. The van der Waals surface area contributed by atoms with Crippen LogP contribution in [0.5, 0.6) is 0 Å². The fraction of sp³-hybridized carbons (Fsp3) is 0.600. The molecular weight excluding hydrogens is 240 g/mol. The van der Waals surface area contributed by atoms with Crippen LogP contribution in [0.15, 0.2) is 24.3 Å². The second-order valence-corrected chi connectivity index (χ2v) is 5.10. The number of nitrogens with zero attached hydrogens (tertiary/aromatic N) is 1. The Hall–Kier alpha value is -1.42. The van der Waals surface area contributed by atoms with Crippen LogP contribution in [0.1, 0.15) is 52.1 Å². The number of hydrogen-bond acceptors (Lipinski definition) is 3. The molecule has 2 atom stereocenters. The second kappa shape index (κ2) is 7.24. The molecule has 2 unspecified atom stereocenters. The van der Waals surface area contributed by atoms with Crippen molar-refractivity contribution in [1.82, 2.24) is 5.32 Å². The van der Waals surface area contributed by atoms with Gasteiger partial charge in [0.1, 0.15) is 0 Å². The monoisotopic (exact) mass is 264 g/mol. The van der Waals surface area contributed by atoms with Gasteiger partial charge in [-0.3, -0.25) is 10.1 Å². The Kier molecular flexibility index (Phi) is 5.96. The minimum absolute atomic E-state index is 0.143. The molecule has 0 aromatic heterocycles. The zero-order chi connectivity index (χ0) is 14.4. The Labute approximate surface area is 115 Å². The molecule has 1 rings (SSSR count). The highest BCUT2D eigenvalue weighted by atomic mass is 16.6. The van der Waals surface area contributed by atoms with Gasteiger partial charge in [0.15, 0.2) is 0 Å². The number of nitro groups is 1. The van der Waals surface area contributed by atoms with E-state index in [2.05, 4.69) is 33.0 Å². The van der Waals surface area contributed by atoms with E-state index in [9.17, 15) is 10.1 Å². The van der Waals surface area contributed by atoms with Gasteiger partial charge in [0.05, 0.1) is 4.92 Å². The summed E-state index contributed by atoms with van der Waals surface area (Å²) in [6.07, 6.45) is 2.33. The standard InChI is InChI=1S/C15H24N2O2/c1-5-13(6-2)11(3)16-12(4)14-7-9-15(10-8-14)17(18)19/h7-13,16H,5-6H2,1-4H3. The van der Waals surface area contributed by atoms with Gasteiger partial charge >= 0.3 is 0 Å². The van der Waals surface area contributed by atoms with E-state index in [-0.39, 0.29) is 16.7 Å². The molecule has 0 saturated carbocycles. The van der Waals surface area contributed by atoms with Gasteiger partial charge in [-0.05, 0) is 25.3 Å². The Morgan fingerprint density at radius 1 is 1.16 bits per heavy atom. The number of nitro benzene ring substituents is 1. The molecule has 0 saturated heterocycles. The van der Waals surface area contributed by atoms with E-state index in [1.165, 1.54) is 0 Å². The summed E-state index contributed by atoms with van der Waals surface area (Å²) in [6.45, 7) is 8.73. The van der Waals surface area contributed by atoms with Crippen LogP contribution in [0.25, 0.3) is 0 Å². The number of rotatable bonds is 7. The maximum atomic E-state index is 10.6. The van der Waals surface area contributed by atoms with Crippen LogP contribution < -0.4 is 5.32 Å². The van der Waals surface area contributed by atoms with Gasteiger partial charge in [-0.15, -0.1) is 0 Å². The first kappa shape index (κ1) is 15.6. The van der Waals surface area contributed by atoms with E-state index in [1.807, 2.05) is 12.1 Å². The fourth-order valence-electron chi connectivity index (χ4n) is 2.51. The summed E-state index contributed by atoms with van der Waals surface area (Å²) in [5, 5.41) is 14.2. The van der Waals surface area contributed by atoms with E-state index >= 15 is 0 Å². The molecule has 0 heterocycles. The van der Waals surface area contributed by atoms with Crippen molar-refractivity contribution < 1.29 is 4.92 Å². The topological polar surface area (TPSA) is 55.2 Å². The maximum absolute atomic E-state index is 10.6. The van der Waals surface area contributed by atoms with Crippen molar-refractivity contribution in [2.45, 2.75) is 52.6 Å². The van der Waals surface area contributed by atoms with Gasteiger partial charge < -0.3 is 5.32 Å². The second-order valence-electron chi connectivity index (χ2n) is 5.10. The van der Waals surface area contributed by atoms with Crippen LogP contribution in [0.4, 0.5) is 5.69 Å². The number of hydrogen-bond donors (Lipinski definition) is 1. The van der Waals surface area contributed by atoms with E-state index in [4.69, 9.17) is 0 Å². The fourth-order valence-corrected chi connectivity index (χ4v) is 2.51. The van der Waals surface area contributed by atoms with Crippen molar-refractivity contribution in [3.8, 4) is 0 Å². The smallest absolute Gasteiger partial charge is 0.269 e. The van der Waals surface area contributed by atoms with E-state index in [0.29, 0.717) is 12.0 Å². The van der Waals surface area contributed by atoms with Crippen molar-refractivity contribution in [3.63, 3.8) is 0 Å². The van der Waals surface area contributed by atoms with Gasteiger partial charge in [-0.25, -0.2) is 0 Å². The molecule has 1 N–H and O–H groups in total. The molecule has 0 amide bonds. The lowest BCUT2D eigenvalue weighted by molar-refractivity contribution is -0.384. The first-order chi connectivity index (χ1) is 8.99. The molecular formula is C15H24N2O2. The van der Waals surface area contributed by atoms with Crippen molar-refractivity contribution in [2.24, 2.45) is 5.92 Å². The molecule has 4 nitrogen and oxygen atoms in total. The van der Waals surface area contributed by atoms with Crippen LogP contribution in [-0.2, 0) is 0 Å². The molecule has 19 heavy (non-hydrogen) atoms. The molecule has 0 spiro atoms. The molecule has 0 aliphatic heterocycles. The highest BCUT2D eigenvalue weighted by molar-refractivity contribution is 5.34. The van der Waals surface area contributed by atoms with Crippen LogP contribution in [-0.4, -0.2) is 11.0 Å². The average Bonchev–Trinajstić information content (AvgIpc) is 2.40. The van der Waals surface area contributed by atoms with E-state index in [0.717, 1.165) is 18.4 Å². The van der Waals surface area contributed by atoms with Crippen molar-refractivity contribution in [2.75, 3.05) is 0 Å². The summed E-state index contributed by atoms with van der Waals surface area (Å²) < 4.78 is 0. The Morgan fingerprint density at radius 3 is 2.11 bits per heavy atom. The van der Waals surface area contributed by atoms with Crippen molar-refractivity contribution in [3.05, 3.63) is 39.9 Å². The lowest BCUT2D eigenvalue weighted by Gasteiger charge is -2.26. The predicted octanol–water partition coefficient (Wildman–Crippen LogP) is 4.07. The van der Waals surface area contributed by atoms with Crippen LogP contribution >= 0.6 is 0 Å². The number of benzene rings is 1. The van der Waals surface area contributed by atoms with Crippen LogP contribution in [0, 0.1) is 16.0 Å². The first-order valence-electron chi connectivity index (χ1n) is 6.99. The lowest BCUT2D eigenvalue weighted by Crippen LogP contribution is -2.34. The zero-order valence-electron chi connectivity index (χ0n) is 12.2. The van der Waals surface area contributed by atoms with E-state index < -0.39 is 0 Å². The number of non-ortho nitro benzene ring substituents is 1. The summed E-state index contributed by atoms with van der Waals surface area (Å²) in [4.78, 5) is 10.3. The summed E-state index contributed by atoms with van der Waals surface area (Å²) in [5.41, 5.74) is 1.23. The van der Waals surface area contributed by atoms with Crippen LogP contribution in [0.3, 0.4) is 0 Å². The molecule has 0 aliphatic rings. The molecule has 0 bridgehead atoms. The third-order valence-electron chi connectivity index (χ3n) is 3.87. The van der Waals surface area contributed by atoms with Gasteiger partial charge in [-0.1, -0.05) is 38.8 Å². The summed E-state index contributed by atoms with van der Waals surface area (Å²) in [7, 11) is 0. The normalized spacial score (nSPS) is 14.4. The molecule has 0 fully saturated rings. The van der Waals surface area contributed by atoms with Gasteiger partial charge in [0.25, 0.3) is 5.69 Å². The minimum Gasteiger partial charge on any atom is -0.307 e. The SMILES string of the molecule is CCC(CC)C(C)NC(C)c1ccc([N+](=O)[O-])cc1. The van der Waals surface area contributed by atoms with Gasteiger partial charge in [0, 0.05) is 24.2 Å². The zero-order valence-corrected chi connectivity index (χ0v) is 12.2. The molecule has 106 valence electrons. The average molecular weight is 264 g/mol. The van der Waals surface area contributed by atoms with Crippen LogP contribution in [0.2, 0.25) is 0 Å². The highest BCUT2D eigenvalue weighted by Crippen LogP contribution is 2.20. The summed E-state index contributed by atoms with van der Waals surface area (Å²) >= 11 is 0. The molecule has 4 heteroatoms.